The second kappa shape index (κ2) is 16.2. The molecule has 286 valence electrons. The van der Waals surface area contributed by atoms with Crippen LogP contribution >= 0.6 is 0 Å². The highest BCUT2D eigenvalue weighted by molar-refractivity contribution is 5.65. The predicted octanol–water partition coefficient (Wildman–Crippen LogP) is 0.876. The number of quaternary nitrogens is 2. The van der Waals surface area contributed by atoms with Crippen LogP contribution in [-0.2, 0) is 23.7 Å². The molecule has 11 heteroatoms. The van der Waals surface area contributed by atoms with Gasteiger partial charge < -0.3 is 44.9 Å². The van der Waals surface area contributed by atoms with Gasteiger partial charge in [0.15, 0.2) is 0 Å². The van der Waals surface area contributed by atoms with Crippen molar-refractivity contribution in [3.63, 3.8) is 0 Å². The molecule has 0 radical (unpaired) electrons. The van der Waals surface area contributed by atoms with Gasteiger partial charge in [-0.05, 0) is 130 Å². The average Bonchev–Trinajstić information content (AvgIpc) is 3.66. The van der Waals surface area contributed by atoms with Gasteiger partial charge in [0.1, 0.15) is 13.0 Å². The fourth-order valence-electron chi connectivity index (χ4n) is 13.3. The summed E-state index contributed by atoms with van der Waals surface area (Å²) in [6.07, 6.45) is 13.4. The molecule has 0 bridgehead atoms. The number of esters is 1. The minimum Gasteiger partial charge on any atom is -0.465 e. The number of carbonyl (C=O) groups excluding carboxylic acids is 1. The number of fused-ring (bicyclic) bond motifs is 6. The quantitative estimate of drug-likeness (QED) is 0.104. The number of carbonyl (C=O) groups is 1. The molecule has 2 heterocycles. The molecule has 17 atom stereocenters. The lowest BCUT2D eigenvalue weighted by molar-refractivity contribution is -0.703. The van der Waals surface area contributed by atoms with E-state index in [4.69, 9.17) is 24.7 Å². The smallest absolute Gasteiger partial charge is 0.302 e. The molecule has 7 fully saturated rings. The molecule has 7 aliphatic rings. The first-order valence-corrected chi connectivity index (χ1v) is 20.5. The molecule has 0 aromatic rings. The van der Waals surface area contributed by atoms with Gasteiger partial charge in [-0.25, -0.2) is 0 Å². The number of likely N-dealkylation sites (N-methyl/N-ethyl adjacent to an activating group) is 1. The highest BCUT2D eigenvalue weighted by atomic mass is 16.6. The van der Waals surface area contributed by atoms with Crippen LogP contribution in [0.4, 0.5) is 0 Å². The molecule has 11 nitrogen and oxygen atoms in total. The van der Waals surface area contributed by atoms with Gasteiger partial charge in [0.05, 0.1) is 70.0 Å². The minimum absolute atomic E-state index is 0.0361. The lowest BCUT2D eigenvalue weighted by Crippen LogP contribution is -2.95. The fourth-order valence-corrected chi connectivity index (χ4v) is 13.3. The van der Waals surface area contributed by atoms with E-state index in [2.05, 4.69) is 10.6 Å². The monoisotopic (exact) mass is 708 g/mol. The maximum absolute atomic E-state index is 12.2. The Balaban J connectivity index is 1.18. The molecule has 0 aromatic heterocycles. The van der Waals surface area contributed by atoms with Gasteiger partial charge in [-0.3, -0.25) is 10.5 Å². The molecule has 1 spiro atoms. The zero-order valence-electron chi connectivity index (χ0n) is 30.8. The van der Waals surface area contributed by atoms with Crippen LogP contribution in [0.15, 0.2) is 0 Å². The van der Waals surface area contributed by atoms with Gasteiger partial charge in [0.2, 0.25) is 0 Å². The third kappa shape index (κ3) is 7.69. The summed E-state index contributed by atoms with van der Waals surface area (Å²) in [6.45, 7) is 4.21. The van der Waals surface area contributed by atoms with E-state index in [1.54, 1.807) is 0 Å². The molecule has 9 N–H and O–H groups in total. The van der Waals surface area contributed by atoms with Crippen molar-refractivity contribution >= 4 is 5.97 Å². The van der Waals surface area contributed by atoms with Crippen LogP contribution in [-0.4, -0.2) is 104 Å². The second-order valence-electron chi connectivity index (χ2n) is 18.0. The Morgan fingerprint density at radius 1 is 0.940 bits per heavy atom. The van der Waals surface area contributed by atoms with Crippen LogP contribution in [0.2, 0.25) is 0 Å². The predicted molar refractivity (Wildman–Crippen MR) is 185 cm³/mol. The minimum atomic E-state index is -0.459. The molecular formula is C39H69N3O8+2. The Bertz CT molecular complexity index is 1120. The lowest BCUT2D eigenvalue weighted by Gasteiger charge is -2.61. The fraction of sp³-hybridized carbons (Fsp3) is 0.974. The highest BCUT2D eigenvalue weighted by Gasteiger charge is 2.65. The first-order chi connectivity index (χ1) is 24.2. The topological polar surface area (TPSA) is 174 Å². The van der Waals surface area contributed by atoms with E-state index < -0.39 is 6.10 Å². The molecule has 0 aromatic carbocycles. The zero-order chi connectivity index (χ0) is 35.0. The summed E-state index contributed by atoms with van der Waals surface area (Å²) in [5, 5.41) is 36.4. The molecular weight excluding hydrogens is 638 g/mol. The Hall–Kier alpha value is -0.890. The molecule has 2 saturated heterocycles. The summed E-state index contributed by atoms with van der Waals surface area (Å²) in [5.74, 6) is 3.37. The molecule has 7 rings (SSSR count). The zero-order valence-corrected chi connectivity index (χ0v) is 30.8. The number of piperidine rings is 1. The van der Waals surface area contributed by atoms with Gasteiger partial charge in [0, 0.05) is 25.2 Å². The normalized spacial score (nSPS) is 48.9. The standard InChI is InChI=1S/C39H67N3O8/c1-22(44)48-20-30-28-5-6-29-35-26(14-27(45)16-33(35)49-21-43)18-39(10-9-23(17-39)13-24-3-8-34(40)42-19-24)36(29)38(28)50-37(30)25-4-7-31(46)32(15-25)47-12-11-41-2/h23-38,41-43,45-46H,3-21,40H2,1-2H3/p+2. The summed E-state index contributed by atoms with van der Waals surface area (Å²) in [7, 11) is 2.04. The van der Waals surface area contributed by atoms with E-state index in [0.717, 1.165) is 64.0 Å². The number of rotatable bonds is 11. The third-order valence-corrected chi connectivity index (χ3v) is 15.1. The Morgan fingerprint density at radius 2 is 1.78 bits per heavy atom. The van der Waals surface area contributed by atoms with Crippen LogP contribution in [0.25, 0.3) is 0 Å². The number of hydrogen-bond donors (Lipinski definition) is 6. The van der Waals surface area contributed by atoms with E-state index in [1.165, 1.54) is 39.0 Å². The number of hydrogen-bond acceptors (Lipinski definition) is 9. The second-order valence-corrected chi connectivity index (χ2v) is 18.0. The van der Waals surface area contributed by atoms with Gasteiger partial charge >= 0.3 is 5.97 Å². The summed E-state index contributed by atoms with van der Waals surface area (Å²) < 4.78 is 25.7. The summed E-state index contributed by atoms with van der Waals surface area (Å²) in [6, 6.07) is 0. The molecule has 2 aliphatic heterocycles. The van der Waals surface area contributed by atoms with Crippen LogP contribution < -0.4 is 16.4 Å². The first kappa shape index (κ1) is 37.4. The van der Waals surface area contributed by atoms with Crippen molar-refractivity contribution < 1.29 is 49.7 Å². The van der Waals surface area contributed by atoms with Crippen LogP contribution in [0.5, 0.6) is 0 Å². The first-order valence-electron chi connectivity index (χ1n) is 20.5. The van der Waals surface area contributed by atoms with Crippen molar-refractivity contribution in [2.45, 2.75) is 140 Å². The van der Waals surface area contributed by atoms with E-state index in [1.807, 2.05) is 7.05 Å². The van der Waals surface area contributed by atoms with Crippen LogP contribution in [0, 0.1) is 58.7 Å². The Kier molecular flexibility index (Phi) is 12.1. The number of ether oxygens (including phenoxy) is 4. The average molecular weight is 708 g/mol. The van der Waals surface area contributed by atoms with Crippen molar-refractivity contribution in [3.8, 4) is 0 Å². The summed E-state index contributed by atoms with van der Waals surface area (Å²) in [4.78, 5) is 12.2. The molecule has 17 unspecified atom stereocenters. The van der Waals surface area contributed by atoms with Crippen LogP contribution in [0.3, 0.4) is 0 Å². The van der Waals surface area contributed by atoms with E-state index in [-0.39, 0.29) is 66.7 Å². The third-order valence-electron chi connectivity index (χ3n) is 15.1. The van der Waals surface area contributed by atoms with E-state index >= 15 is 0 Å². The van der Waals surface area contributed by atoms with Gasteiger partial charge in [-0.2, -0.15) is 0 Å². The Morgan fingerprint density at radius 3 is 2.54 bits per heavy atom. The number of aliphatic hydroxyl groups excluding tert-OH is 3. The maximum atomic E-state index is 12.2. The largest absolute Gasteiger partial charge is 0.465 e. The van der Waals surface area contributed by atoms with Crippen molar-refractivity contribution in [1.82, 2.24) is 0 Å². The van der Waals surface area contributed by atoms with E-state index in [9.17, 15) is 20.1 Å². The van der Waals surface area contributed by atoms with Gasteiger partial charge in [0.25, 0.3) is 0 Å². The number of aliphatic hydroxyl groups is 3. The highest BCUT2D eigenvalue weighted by Crippen LogP contribution is 2.68. The van der Waals surface area contributed by atoms with Crippen molar-refractivity contribution in [2.24, 2.45) is 64.4 Å². The van der Waals surface area contributed by atoms with E-state index in [0.29, 0.717) is 61.6 Å². The summed E-state index contributed by atoms with van der Waals surface area (Å²) in [5.41, 5.74) is 6.39. The molecule has 0 amide bonds. The molecule has 5 aliphatic carbocycles. The van der Waals surface area contributed by atoms with Gasteiger partial charge in [-0.1, -0.05) is 0 Å². The van der Waals surface area contributed by atoms with Crippen molar-refractivity contribution in [3.05, 3.63) is 0 Å². The number of nitrogens with two attached hydrogens (primary N) is 3. The Labute approximate surface area is 299 Å². The van der Waals surface area contributed by atoms with Crippen LogP contribution in [0.1, 0.15) is 96.8 Å². The molecule has 5 saturated carbocycles. The lowest BCUT2D eigenvalue weighted by atomic mass is 9.45. The SMILES string of the molecule is C[NH2+]CCOC1CC(C2OC3C(CCC4C5C(CC(O)CC5OCO)CC5(CCC(CC6CCC(N)[NH2+]C6)C5)C43)C2COC(C)=O)CCC1O. The maximum Gasteiger partial charge on any atom is 0.302 e. The summed E-state index contributed by atoms with van der Waals surface area (Å²) >= 11 is 0. The van der Waals surface area contributed by atoms with Crippen molar-refractivity contribution in [2.75, 3.05) is 40.1 Å². The molecule has 50 heavy (non-hydrogen) atoms. The van der Waals surface area contributed by atoms with Gasteiger partial charge in [-0.15, -0.1) is 0 Å². The van der Waals surface area contributed by atoms with Crippen molar-refractivity contribution in [1.29, 1.82) is 0 Å².